The third kappa shape index (κ3) is 2.40. The number of hydrogen-bond donors (Lipinski definition) is 2. The van der Waals surface area contributed by atoms with Gasteiger partial charge in [0.15, 0.2) is 0 Å². The second kappa shape index (κ2) is 5.54. The molecule has 0 radical (unpaired) electrons. The average molecular weight is 294 g/mol. The zero-order valence-electron chi connectivity index (χ0n) is 13.3. The standard InChI is InChI=1S/C18H22N4/c1-12(2)18(19)9-14-15(13-7-5-4-6-8-13)10-21-17(20-3)16(14)11-22-18/h4-8,10-12H,9,19H2,1-3H3,(H,20,21). The molecule has 4 heteroatoms. The van der Waals surface area contributed by atoms with Gasteiger partial charge >= 0.3 is 0 Å². The van der Waals surface area contributed by atoms with E-state index in [0.29, 0.717) is 0 Å². The number of aliphatic imine (C=N–C) groups is 1. The average Bonchev–Trinajstić information content (AvgIpc) is 2.54. The molecule has 0 saturated heterocycles. The van der Waals surface area contributed by atoms with Crippen molar-refractivity contribution in [2.45, 2.75) is 25.9 Å². The molecule has 4 nitrogen and oxygen atoms in total. The summed E-state index contributed by atoms with van der Waals surface area (Å²) in [7, 11) is 1.88. The highest BCUT2D eigenvalue weighted by Gasteiger charge is 2.33. The van der Waals surface area contributed by atoms with Crippen LogP contribution in [0, 0.1) is 5.92 Å². The maximum Gasteiger partial charge on any atom is 0.134 e. The van der Waals surface area contributed by atoms with Crippen molar-refractivity contribution in [1.82, 2.24) is 4.98 Å². The largest absolute Gasteiger partial charge is 0.373 e. The first kappa shape index (κ1) is 14.7. The summed E-state index contributed by atoms with van der Waals surface area (Å²) >= 11 is 0. The van der Waals surface area contributed by atoms with Crippen LogP contribution in [-0.2, 0) is 6.42 Å². The lowest BCUT2D eigenvalue weighted by Crippen LogP contribution is -2.47. The Bertz CT molecular complexity index is 707. The molecule has 1 aliphatic heterocycles. The van der Waals surface area contributed by atoms with Gasteiger partial charge in [-0.3, -0.25) is 4.99 Å². The molecule has 1 unspecified atom stereocenters. The van der Waals surface area contributed by atoms with Crippen molar-refractivity contribution in [2.24, 2.45) is 16.6 Å². The van der Waals surface area contributed by atoms with Gasteiger partial charge in [-0.2, -0.15) is 0 Å². The maximum absolute atomic E-state index is 6.52. The van der Waals surface area contributed by atoms with Gasteiger partial charge in [0.1, 0.15) is 11.5 Å². The fourth-order valence-corrected chi connectivity index (χ4v) is 2.83. The molecule has 2 heterocycles. The van der Waals surface area contributed by atoms with Crippen molar-refractivity contribution in [1.29, 1.82) is 0 Å². The molecule has 0 fully saturated rings. The van der Waals surface area contributed by atoms with Crippen molar-refractivity contribution >= 4 is 12.0 Å². The number of nitrogens with two attached hydrogens (primary N) is 1. The third-order valence-corrected chi connectivity index (χ3v) is 4.44. The summed E-state index contributed by atoms with van der Waals surface area (Å²) in [6, 6.07) is 10.3. The molecule has 1 aromatic heterocycles. The first-order valence-corrected chi connectivity index (χ1v) is 7.64. The van der Waals surface area contributed by atoms with Crippen molar-refractivity contribution < 1.29 is 0 Å². The summed E-state index contributed by atoms with van der Waals surface area (Å²) < 4.78 is 0. The lowest BCUT2D eigenvalue weighted by molar-refractivity contribution is 0.319. The Morgan fingerprint density at radius 3 is 2.59 bits per heavy atom. The Balaban J connectivity index is 2.19. The van der Waals surface area contributed by atoms with E-state index in [1.165, 1.54) is 5.56 Å². The minimum atomic E-state index is -0.553. The van der Waals surface area contributed by atoms with E-state index in [1.807, 2.05) is 37.7 Å². The van der Waals surface area contributed by atoms with Crippen LogP contribution in [0.4, 0.5) is 5.82 Å². The normalized spacial score (nSPS) is 20.0. The number of benzene rings is 1. The molecule has 3 rings (SSSR count). The first-order chi connectivity index (χ1) is 10.5. The number of fused-ring (bicyclic) bond motifs is 1. The Kier molecular flexibility index (Phi) is 3.71. The molecule has 3 N–H and O–H groups in total. The lowest BCUT2D eigenvalue weighted by Gasteiger charge is -2.34. The number of hydrogen-bond acceptors (Lipinski definition) is 4. The van der Waals surface area contributed by atoms with Gasteiger partial charge in [-0.1, -0.05) is 44.2 Å². The van der Waals surface area contributed by atoms with E-state index >= 15 is 0 Å². The summed E-state index contributed by atoms with van der Waals surface area (Å²) in [6.07, 6.45) is 4.53. The molecular weight excluding hydrogens is 272 g/mol. The Hall–Kier alpha value is -2.20. The zero-order valence-corrected chi connectivity index (χ0v) is 13.3. The van der Waals surface area contributed by atoms with E-state index in [1.54, 1.807) is 0 Å². The van der Waals surface area contributed by atoms with Crippen LogP contribution in [0.1, 0.15) is 25.0 Å². The van der Waals surface area contributed by atoms with Crippen LogP contribution in [0.15, 0.2) is 41.5 Å². The highest BCUT2D eigenvalue weighted by Crippen LogP contribution is 2.35. The van der Waals surface area contributed by atoms with Gasteiger partial charge in [0.2, 0.25) is 0 Å². The van der Waals surface area contributed by atoms with Crippen molar-refractivity contribution in [3.05, 3.63) is 47.7 Å². The Morgan fingerprint density at radius 1 is 1.23 bits per heavy atom. The van der Waals surface area contributed by atoms with Gasteiger partial charge in [-0.25, -0.2) is 4.98 Å². The summed E-state index contributed by atoms with van der Waals surface area (Å²) in [6.45, 7) is 4.23. The fourth-order valence-electron chi connectivity index (χ4n) is 2.83. The molecule has 1 aromatic carbocycles. The quantitative estimate of drug-likeness (QED) is 0.914. The predicted octanol–water partition coefficient (Wildman–Crippen LogP) is 3.08. The maximum atomic E-state index is 6.52. The van der Waals surface area contributed by atoms with Crippen molar-refractivity contribution in [3.63, 3.8) is 0 Å². The Morgan fingerprint density at radius 2 is 1.95 bits per heavy atom. The van der Waals surface area contributed by atoms with Crippen molar-refractivity contribution in [3.8, 4) is 11.1 Å². The molecule has 0 aliphatic carbocycles. The summed E-state index contributed by atoms with van der Waals surface area (Å²) in [5.74, 6) is 1.12. The van der Waals surface area contributed by atoms with Crippen LogP contribution in [-0.4, -0.2) is 23.9 Å². The van der Waals surface area contributed by atoms with Gasteiger partial charge < -0.3 is 11.1 Å². The molecule has 0 amide bonds. The number of nitrogens with one attached hydrogen (secondary N) is 1. The van der Waals surface area contributed by atoms with Crippen LogP contribution in [0.2, 0.25) is 0 Å². The van der Waals surface area contributed by atoms with E-state index < -0.39 is 5.66 Å². The molecule has 22 heavy (non-hydrogen) atoms. The van der Waals surface area contributed by atoms with Crippen LogP contribution in [0.25, 0.3) is 11.1 Å². The van der Waals surface area contributed by atoms with Crippen LogP contribution >= 0.6 is 0 Å². The number of aromatic nitrogens is 1. The summed E-state index contributed by atoms with van der Waals surface area (Å²) in [5.41, 5.74) is 10.5. The number of nitrogens with zero attached hydrogens (tertiary/aromatic N) is 2. The van der Waals surface area contributed by atoms with Gasteiger partial charge in [-0.05, 0) is 17.0 Å². The van der Waals surface area contributed by atoms with Crippen LogP contribution < -0.4 is 11.1 Å². The molecule has 114 valence electrons. The van der Waals surface area contributed by atoms with E-state index in [2.05, 4.69) is 41.3 Å². The molecule has 1 aliphatic rings. The second-order valence-corrected chi connectivity index (χ2v) is 6.11. The topological polar surface area (TPSA) is 63.3 Å². The van der Waals surface area contributed by atoms with Gasteiger partial charge in [0.25, 0.3) is 0 Å². The molecule has 0 saturated carbocycles. The number of rotatable bonds is 3. The highest BCUT2D eigenvalue weighted by molar-refractivity contribution is 5.93. The number of pyridine rings is 1. The molecule has 1 atom stereocenters. The number of anilines is 1. The lowest BCUT2D eigenvalue weighted by atomic mass is 9.83. The highest BCUT2D eigenvalue weighted by atomic mass is 15.0. The zero-order chi connectivity index (χ0) is 15.7. The second-order valence-electron chi connectivity index (χ2n) is 6.11. The van der Waals surface area contributed by atoms with E-state index in [9.17, 15) is 0 Å². The van der Waals surface area contributed by atoms with Gasteiger partial charge in [0.05, 0.1) is 0 Å². The monoisotopic (exact) mass is 294 g/mol. The van der Waals surface area contributed by atoms with Crippen molar-refractivity contribution in [2.75, 3.05) is 12.4 Å². The first-order valence-electron chi connectivity index (χ1n) is 7.64. The van der Waals surface area contributed by atoms with E-state index in [0.717, 1.165) is 28.9 Å². The summed E-state index contributed by atoms with van der Waals surface area (Å²) in [5, 5.41) is 3.15. The smallest absolute Gasteiger partial charge is 0.134 e. The molecule has 0 bridgehead atoms. The molecule has 2 aromatic rings. The third-order valence-electron chi connectivity index (χ3n) is 4.44. The van der Waals surface area contributed by atoms with Gasteiger partial charge in [-0.15, -0.1) is 0 Å². The van der Waals surface area contributed by atoms with E-state index in [4.69, 9.17) is 5.73 Å². The van der Waals surface area contributed by atoms with Crippen LogP contribution in [0.5, 0.6) is 0 Å². The minimum absolute atomic E-state index is 0.270. The van der Waals surface area contributed by atoms with Gasteiger partial charge in [0, 0.05) is 37.0 Å². The van der Waals surface area contributed by atoms with Crippen LogP contribution in [0.3, 0.4) is 0 Å². The van der Waals surface area contributed by atoms with E-state index in [-0.39, 0.29) is 5.92 Å². The predicted molar refractivity (Wildman–Crippen MR) is 92.3 cm³/mol. The SMILES string of the molecule is CNc1ncc(-c2ccccc2)c2c1C=NC(N)(C(C)C)C2. The fraction of sp³-hybridized carbons (Fsp3) is 0.333. The molecular formula is C18H22N4. The summed E-state index contributed by atoms with van der Waals surface area (Å²) in [4.78, 5) is 9.15. The Labute approximate surface area is 131 Å². The molecule has 0 spiro atoms. The minimum Gasteiger partial charge on any atom is -0.373 e.